The van der Waals surface area contributed by atoms with Gasteiger partial charge in [0.25, 0.3) is 5.91 Å². The number of pyridine rings is 1. The van der Waals surface area contributed by atoms with Gasteiger partial charge in [0, 0.05) is 11.9 Å². The molecule has 0 radical (unpaired) electrons. The maximum absolute atomic E-state index is 12.6. The van der Waals surface area contributed by atoms with Crippen LogP contribution in [0.3, 0.4) is 0 Å². The van der Waals surface area contributed by atoms with Gasteiger partial charge in [-0.3, -0.25) is 4.79 Å². The van der Waals surface area contributed by atoms with Crippen LogP contribution in [-0.2, 0) is 0 Å². The molecule has 4 heteroatoms. The first kappa shape index (κ1) is 16.9. The fourth-order valence-electron chi connectivity index (χ4n) is 2.61. The quantitative estimate of drug-likeness (QED) is 0.666. The molecule has 3 aromatic rings. The van der Waals surface area contributed by atoms with Crippen molar-refractivity contribution in [2.24, 2.45) is 0 Å². The summed E-state index contributed by atoms with van der Waals surface area (Å²) in [5, 5.41) is 3.20. The summed E-state index contributed by atoms with van der Waals surface area (Å²) in [7, 11) is 0. The maximum Gasteiger partial charge on any atom is 0.275 e. The molecule has 0 aliphatic carbocycles. The van der Waals surface area contributed by atoms with Crippen LogP contribution in [-0.4, -0.2) is 10.9 Å². The first-order valence-electron chi connectivity index (χ1n) is 7.84. The molecule has 0 saturated carbocycles. The molecule has 1 N–H and O–H groups in total. The number of benzene rings is 2. The van der Waals surface area contributed by atoms with E-state index in [-0.39, 0.29) is 11.6 Å². The first-order chi connectivity index (χ1) is 12.1. The van der Waals surface area contributed by atoms with E-state index in [0.29, 0.717) is 5.02 Å². The number of nitrogens with one attached hydrogen (secondary N) is 1. The van der Waals surface area contributed by atoms with Gasteiger partial charge in [-0.25, -0.2) is 4.98 Å². The summed E-state index contributed by atoms with van der Waals surface area (Å²) in [6, 6.07) is 17.5. The zero-order valence-corrected chi connectivity index (χ0v) is 14.5. The van der Waals surface area contributed by atoms with Gasteiger partial charge in [-0.05, 0) is 41.3 Å². The topological polar surface area (TPSA) is 42.0 Å². The van der Waals surface area contributed by atoms with Gasteiger partial charge >= 0.3 is 0 Å². The molecule has 1 heterocycles. The standard InChI is InChI=1S/C21H17ClN2O/c1-3-15-12-18(22)20(23-13-15)21(25)24-19-11-7-10-17(14(19)2)16-8-5-4-6-9-16/h3-13H,1H2,2H3,(H,24,25). The Morgan fingerprint density at radius 2 is 1.92 bits per heavy atom. The van der Waals surface area contributed by atoms with Gasteiger partial charge in [0.2, 0.25) is 0 Å². The van der Waals surface area contributed by atoms with E-state index in [9.17, 15) is 4.79 Å². The van der Waals surface area contributed by atoms with Crippen LogP contribution in [0.2, 0.25) is 5.02 Å². The molecule has 0 atom stereocenters. The number of carbonyl (C=O) groups excluding carboxylic acids is 1. The molecular formula is C21H17ClN2O. The third-order valence-corrected chi connectivity index (χ3v) is 4.27. The minimum absolute atomic E-state index is 0.191. The van der Waals surface area contributed by atoms with Crippen molar-refractivity contribution in [1.29, 1.82) is 0 Å². The molecule has 2 aromatic carbocycles. The van der Waals surface area contributed by atoms with Crippen molar-refractivity contribution in [1.82, 2.24) is 4.98 Å². The summed E-state index contributed by atoms with van der Waals surface area (Å²) in [5.74, 6) is -0.339. The third kappa shape index (κ3) is 3.62. The van der Waals surface area contributed by atoms with Crippen molar-refractivity contribution in [3.63, 3.8) is 0 Å². The molecule has 1 amide bonds. The molecule has 3 nitrogen and oxygen atoms in total. The van der Waals surface area contributed by atoms with E-state index >= 15 is 0 Å². The molecule has 0 aliphatic rings. The van der Waals surface area contributed by atoms with E-state index in [1.165, 1.54) is 0 Å². The largest absolute Gasteiger partial charge is 0.320 e. The molecule has 0 aliphatic heterocycles. The Labute approximate surface area is 152 Å². The predicted octanol–water partition coefficient (Wildman–Crippen LogP) is 5.61. The summed E-state index contributed by atoms with van der Waals surface area (Å²) in [4.78, 5) is 16.7. The number of nitrogens with zero attached hydrogens (tertiary/aromatic N) is 1. The van der Waals surface area contributed by atoms with Crippen molar-refractivity contribution in [2.75, 3.05) is 5.32 Å². The number of aromatic nitrogens is 1. The number of rotatable bonds is 4. The second-order valence-corrected chi connectivity index (χ2v) is 6.01. The summed E-state index contributed by atoms with van der Waals surface area (Å²) in [6.45, 7) is 5.65. The Hall–Kier alpha value is -2.91. The van der Waals surface area contributed by atoms with Gasteiger partial charge < -0.3 is 5.32 Å². The molecule has 0 saturated heterocycles. The SMILES string of the molecule is C=Cc1cnc(C(=O)Nc2cccc(-c3ccccc3)c2C)c(Cl)c1. The van der Waals surface area contributed by atoms with E-state index in [2.05, 4.69) is 16.9 Å². The summed E-state index contributed by atoms with van der Waals surface area (Å²) in [6.07, 6.45) is 3.20. The van der Waals surface area contributed by atoms with Gasteiger partial charge in [-0.2, -0.15) is 0 Å². The summed E-state index contributed by atoms with van der Waals surface area (Å²) in [5.41, 5.74) is 4.85. The lowest BCUT2D eigenvalue weighted by molar-refractivity contribution is 0.102. The second-order valence-electron chi connectivity index (χ2n) is 5.60. The molecule has 1 aromatic heterocycles. The van der Waals surface area contributed by atoms with Crippen LogP contribution in [0.4, 0.5) is 5.69 Å². The smallest absolute Gasteiger partial charge is 0.275 e. The molecular weight excluding hydrogens is 332 g/mol. The average molecular weight is 349 g/mol. The van der Waals surface area contributed by atoms with E-state index in [1.54, 1.807) is 18.3 Å². The summed E-state index contributed by atoms with van der Waals surface area (Å²) >= 11 is 6.17. The van der Waals surface area contributed by atoms with Crippen LogP contribution in [0, 0.1) is 6.92 Å². The lowest BCUT2D eigenvalue weighted by Gasteiger charge is -2.13. The average Bonchev–Trinajstić information content (AvgIpc) is 2.64. The van der Waals surface area contributed by atoms with Gasteiger partial charge in [-0.1, -0.05) is 66.7 Å². The maximum atomic E-state index is 12.6. The molecule has 0 bridgehead atoms. The Balaban J connectivity index is 1.91. The molecule has 3 rings (SSSR count). The third-order valence-electron chi connectivity index (χ3n) is 3.98. The number of anilines is 1. The van der Waals surface area contributed by atoms with Crippen molar-refractivity contribution in [2.45, 2.75) is 6.92 Å². The minimum Gasteiger partial charge on any atom is -0.320 e. The Kier molecular flexibility index (Phi) is 4.96. The van der Waals surface area contributed by atoms with E-state index < -0.39 is 0 Å². The first-order valence-corrected chi connectivity index (χ1v) is 8.22. The molecule has 0 spiro atoms. The fourth-order valence-corrected chi connectivity index (χ4v) is 2.88. The number of carbonyl (C=O) groups is 1. The molecule has 25 heavy (non-hydrogen) atoms. The van der Waals surface area contributed by atoms with Crippen LogP contribution in [0.1, 0.15) is 21.6 Å². The molecule has 0 unspecified atom stereocenters. The zero-order chi connectivity index (χ0) is 17.8. The van der Waals surface area contributed by atoms with Crippen molar-refractivity contribution >= 4 is 29.3 Å². The van der Waals surface area contributed by atoms with E-state index in [4.69, 9.17) is 11.6 Å². The number of halogens is 1. The second kappa shape index (κ2) is 7.32. The van der Waals surface area contributed by atoms with Crippen LogP contribution in [0.15, 0.2) is 67.4 Å². The predicted molar refractivity (Wildman–Crippen MR) is 104 cm³/mol. The molecule has 124 valence electrons. The number of amides is 1. The van der Waals surface area contributed by atoms with Gasteiger partial charge in [0.1, 0.15) is 5.69 Å². The van der Waals surface area contributed by atoms with Crippen LogP contribution < -0.4 is 5.32 Å². The number of hydrogen-bond donors (Lipinski definition) is 1. The highest BCUT2D eigenvalue weighted by Gasteiger charge is 2.15. The Morgan fingerprint density at radius 1 is 1.16 bits per heavy atom. The van der Waals surface area contributed by atoms with Crippen molar-refractivity contribution < 1.29 is 4.79 Å². The highest BCUT2D eigenvalue weighted by atomic mass is 35.5. The van der Waals surface area contributed by atoms with Gasteiger partial charge in [-0.15, -0.1) is 0 Å². The normalized spacial score (nSPS) is 10.3. The Morgan fingerprint density at radius 3 is 2.60 bits per heavy atom. The lowest BCUT2D eigenvalue weighted by Crippen LogP contribution is -2.15. The van der Waals surface area contributed by atoms with E-state index in [0.717, 1.165) is 27.9 Å². The van der Waals surface area contributed by atoms with Crippen LogP contribution >= 0.6 is 11.6 Å². The van der Waals surface area contributed by atoms with Gasteiger partial charge in [0.15, 0.2) is 0 Å². The van der Waals surface area contributed by atoms with Crippen LogP contribution in [0.25, 0.3) is 17.2 Å². The minimum atomic E-state index is -0.339. The lowest BCUT2D eigenvalue weighted by atomic mass is 9.99. The highest BCUT2D eigenvalue weighted by Crippen LogP contribution is 2.29. The fraction of sp³-hybridized carbons (Fsp3) is 0.0476. The van der Waals surface area contributed by atoms with Crippen molar-refractivity contribution in [3.05, 3.63) is 89.2 Å². The number of hydrogen-bond acceptors (Lipinski definition) is 2. The Bertz CT molecular complexity index is 936. The van der Waals surface area contributed by atoms with Gasteiger partial charge in [0.05, 0.1) is 5.02 Å². The summed E-state index contributed by atoms with van der Waals surface area (Å²) < 4.78 is 0. The van der Waals surface area contributed by atoms with E-state index in [1.807, 2.05) is 55.5 Å². The molecule has 0 fully saturated rings. The van der Waals surface area contributed by atoms with Crippen molar-refractivity contribution in [3.8, 4) is 11.1 Å². The van der Waals surface area contributed by atoms with Crippen LogP contribution in [0.5, 0.6) is 0 Å². The zero-order valence-electron chi connectivity index (χ0n) is 13.8. The highest BCUT2D eigenvalue weighted by molar-refractivity contribution is 6.34. The monoisotopic (exact) mass is 348 g/mol.